The quantitative estimate of drug-likeness (QED) is 0.493. The number of carbonyl (C=O) groups is 1. The van der Waals surface area contributed by atoms with E-state index in [0.717, 1.165) is 61.7 Å². The van der Waals surface area contributed by atoms with Gasteiger partial charge in [0.15, 0.2) is 0 Å². The molecule has 5 rings (SSSR count). The number of benzene rings is 2. The third-order valence-corrected chi connectivity index (χ3v) is 7.03. The van der Waals surface area contributed by atoms with Gasteiger partial charge >= 0.3 is 0 Å². The summed E-state index contributed by atoms with van der Waals surface area (Å²) in [6.07, 6.45) is 0.849. The summed E-state index contributed by atoms with van der Waals surface area (Å²) in [6, 6.07) is 12.5. The Morgan fingerprint density at radius 3 is 2.45 bits per heavy atom. The Balaban J connectivity index is 1.50. The summed E-state index contributed by atoms with van der Waals surface area (Å²) >= 11 is 18.9. The molecule has 0 saturated carbocycles. The molecular formula is C24H23Cl3N4O2. The summed E-state index contributed by atoms with van der Waals surface area (Å²) in [4.78, 5) is 17.7. The minimum Gasteiger partial charge on any atom is -0.379 e. The van der Waals surface area contributed by atoms with Crippen LogP contribution in [0.3, 0.4) is 0 Å². The zero-order valence-electron chi connectivity index (χ0n) is 17.9. The highest BCUT2D eigenvalue weighted by atomic mass is 35.5. The number of amides is 1. The number of hydrogen-bond acceptors (Lipinski definition) is 4. The first kappa shape index (κ1) is 22.7. The van der Waals surface area contributed by atoms with Gasteiger partial charge in [-0.3, -0.25) is 14.8 Å². The summed E-state index contributed by atoms with van der Waals surface area (Å²) in [5.41, 5.74) is 3.77. The van der Waals surface area contributed by atoms with Crippen LogP contribution < -0.4 is 0 Å². The lowest BCUT2D eigenvalue weighted by Gasteiger charge is -2.30. The molecule has 0 aliphatic carbocycles. The molecule has 1 unspecified atom stereocenters. The Morgan fingerprint density at radius 1 is 1.00 bits per heavy atom. The van der Waals surface area contributed by atoms with Crippen molar-refractivity contribution >= 4 is 40.7 Å². The second-order valence-corrected chi connectivity index (χ2v) is 9.52. The number of H-pyrrole nitrogens is 1. The topological polar surface area (TPSA) is 61.5 Å². The van der Waals surface area contributed by atoms with Crippen LogP contribution in [-0.2, 0) is 4.74 Å². The molecule has 0 bridgehead atoms. The Morgan fingerprint density at radius 2 is 1.73 bits per heavy atom. The maximum Gasteiger partial charge on any atom is 0.273 e. The maximum absolute atomic E-state index is 13.5. The largest absolute Gasteiger partial charge is 0.379 e. The number of rotatable bonds is 6. The smallest absolute Gasteiger partial charge is 0.273 e. The molecule has 1 fully saturated rings. The number of nitrogens with one attached hydrogen (secondary N) is 1. The number of halogens is 3. The molecule has 1 aromatic heterocycles. The average Bonchev–Trinajstić information content (AvgIpc) is 3.35. The van der Waals surface area contributed by atoms with E-state index in [4.69, 9.17) is 39.5 Å². The van der Waals surface area contributed by atoms with Gasteiger partial charge in [0.1, 0.15) is 5.69 Å². The number of hydrogen-bond donors (Lipinski definition) is 1. The molecule has 1 saturated heterocycles. The van der Waals surface area contributed by atoms with E-state index in [1.54, 1.807) is 12.1 Å². The Hall–Kier alpha value is -2.09. The SMILES string of the molecule is O=C1c2[nH]nc(-c3ccc(Cl)cc3)c2C(c2ccc(Cl)cc2Cl)N1CCCN1CCOCC1. The lowest BCUT2D eigenvalue weighted by molar-refractivity contribution is 0.0354. The van der Waals surface area contributed by atoms with E-state index in [0.29, 0.717) is 27.3 Å². The van der Waals surface area contributed by atoms with Crippen molar-refractivity contribution in [2.24, 2.45) is 0 Å². The molecule has 3 heterocycles. The summed E-state index contributed by atoms with van der Waals surface area (Å²) in [7, 11) is 0. The van der Waals surface area contributed by atoms with Gasteiger partial charge in [0, 0.05) is 52.4 Å². The highest BCUT2D eigenvalue weighted by Crippen LogP contribution is 2.45. The molecule has 0 radical (unpaired) electrons. The van der Waals surface area contributed by atoms with Crippen molar-refractivity contribution in [3.05, 3.63) is 74.4 Å². The van der Waals surface area contributed by atoms with Gasteiger partial charge < -0.3 is 9.64 Å². The standard InChI is InChI=1S/C24H23Cl3N4O2/c25-16-4-2-15(3-5-16)21-20-22(29-28-21)24(32)31(9-1-8-30-10-12-33-13-11-30)23(20)18-7-6-17(26)14-19(18)27/h2-7,14,23H,1,8-13H2,(H,28,29). The van der Waals surface area contributed by atoms with Crippen LogP contribution in [0.5, 0.6) is 0 Å². The Bertz CT molecular complexity index is 1160. The van der Waals surface area contributed by atoms with Crippen molar-refractivity contribution < 1.29 is 9.53 Å². The van der Waals surface area contributed by atoms with Crippen molar-refractivity contribution in [3.8, 4) is 11.3 Å². The molecule has 172 valence electrons. The van der Waals surface area contributed by atoms with Gasteiger partial charge in [-0.15, -0.1) is 0 Å². The third-order valence-electron chi connectivity index (χ3n) is 6.22. The number of aromatic nitrogens is 2. The van der Waals surface area contributed by atoms with Crippen molar-refractivity contribution in [2.75, 3.05) is 39.4 Å². The molecule has 1 amide bonds. The normalized spacial score (nSPS) is 18.7. The maximum atomic E-state index is 13.5. The van der Waals surface area contributed by atoms with E-state index < -0.39 is 0 Å². The van der Waals surface area contributed by atoms with Crippen LogP contribution in [0.25, 0.3) is 11.3 Å². The van der Waals surface area contributed by atoms with Gasteiger partial charge in [0.2, 0.25) is 0 Å². The monoisotopic (exact) mass is 504 g/mol. The van der Waals surface area contributed by atoms with Crippen LogP contribution >= 0.6 is 34.8 Å². The molecule has 2 aliphatic heterocycles. The van der Waals surface area contributed by atoms with Gasteiger partial charge in [-0.25, -0.2) is 0 Å². The lowest BCUT2D eigenvalue weighted by Crippen LogP contribution is -2.38. The summed E-state index contributed by atoms with van der Waals surface area (Å²) in [6.45, 7) is 4.86. The Labute approximate surface area is 207 Å². The molecule has 33 heavy (non-hydrogen) atoms. The number of carbonyl (C=O) groups excluding carboxylic acids is 1. The molecule has 1 N–H and O–H groups in total. The van der Waals surface area contributed by atoms with Crippen LogP contribution in [0, 0.1) is 0 Å². The zero-order chi connectivity index (χ0) is 22.9. The highest BCUT2D eigenvalue weighted by molar-refractivity contribution is 6.35. The molecule has 1 atom stereocenters. The van der Waals surface area contributed by atoms with Crippen molar-refractivity contribution in [3.63, 3.8) is 0 Å². The van der Waals surface area contributed by atoms with Gasteiger partial charge in [-0.05, 0) is 36.2 Å². The molecule has 2 aliphatic rings. The second-order valence-electron chi connectivity index (χ2n) is 8.24. The number of aromatic amines is 1. The summed E-state index contributed by atoms with van der Waals surface area (Å²) < 4.78 is 5.44. The first-order valence-corrected chi connectivity index (χ1v) is 12.1. The number of ether oxygens (including phenoxy) is 1. The van der Waals surface area contributed by atoms with Gasteiger partial charge in [0.25, 0.3) is 5.91 Å². The number of fused-ring (bicyclic) bond motifs is 1. The molecule has 3 aromatic rings. The molecule has 6 nitrogen and oxygen atoms in total. The van der Waals surface area contributed by atoms with Crippen LogP contribution in [0.15, 0.2) is 42.5 Å². The van der Waals surface area contributed by atoms with Crippen molar-refractivity contribution in [2.45, 2.75) is 12.5 Å². The van der Waals surface area contributed by atoms with Crippen LogP contribution in [0.4, 0.5) is 0 Å². The molecule has 2 aromatic carbocycles. The number of morpholine rings is 1. The average molecular weight is 506 g/mol. The fourth-order valence-electron chi connectivity index (χ4n) is 4.59. The predicted molar refractivity (Wildman–Crippen MR) is 130 cm³/mol. The van der Waals surface area contributed by atoms with Crippen LogP contribution in [-0.4, -0.2) is 65.3 Å². The van der Waals surface area contributed by atoms with Crippen molar-refractivity contribution in [1.82, 2.24) is 20.0 Å². The predicted octanol–water partition coefficient (Wildman–Crippen LogP) is 5.30. The van der Waals surface area contributed by atoms with Gasteiger partial charge in [0.05, 0.1) is 24.9 Å². The minimum absolute atomic E-state index is 0.0734. The van der Waals surface area contributed by atoms with E-state index >= 15 is 0 Å². The van der Waals surface area contributed by atoms with E-state index in [-0.39, 0.29) is 11.9 Å². The van der Waals surface area contributed by atoms with E-state index in [9.17, 15) is 4.79 Å². The first-order chi connectivity index (χ1) is 16.0. The van der Waals surface area contributed by atoms with Gasteiger partial charge in [-0.1, -0.05) is 53.0 Å². The fourth-order valence-corrected chi connectivity index (χ4v) is 5.23. The van der Waals surface area contributed by atoms with Crippen LogP contribution in [0.1, 0.15) is 34.1 Å². The Kier molecular flexibility index (Phi) is 6.63. The lowest BCUT2D eigenvalue weighted by atomic mass is 9.96. The third kappa shape index (κ3) is 4.51. The van der Waals surface area contributed by atoms with Gasteiger partial charge in [-0.2, -0.15) is 5.10 Å². The number of nitrogens with zero attached hydrogens (tertiary/aromatic N) is 3. The van der Waals surface area contributed by atoms with E-state index in [2.05, 4.69) is 15.1 Å². The van der Waals surface area contributed by atoms with E-state index in [1.807, 2.05) is 35.2 Å². The summed E-state index contributed by atoms with van der Waals surface area (Å²) in [5, 5.41) is 9.19. The summed E-state index contributed by atoms with van der Waals surface area (Å²) in [5.74, 6) is -0.0734. The molecule has 0 spiro atoms. The van der Waals surface area contributed by atoms with Crippen molar-refractivity contribution in [1.29, 1.82) is 0 Å². The van der Waals surface area contributed by atoms with E-state index in [1.165, 1.54) is 0 Å². The van der Waals surface area contributed by atoms with Crippen LogP contribution in [0.2, 0.25) is 15.1 Å². The zero-order valence-corrected chi connectivity index (χ0v) is 20.1. The first-order valence-electron chi connectivity index (χ1n) is 10.9. The minimum atomic E-state index is -0.355. The molecular weight excluding hydrogens is 483 g/mol. The second kappa shape index (κ2) is 9.65. The highest BCUT2D eigenvalue weighted by Gasteiger charge is 2.42. The fraction of sp³-hybridized carbons (Fsp3) is 0.333. The molecule has 9 heteroatoms.